The lowest BCUT2D eigenvalue weighted by atomic mass is 9.94. The van der Waals surface area contributed by atoms with Crippen molar-refractivity contribution in [1.82, 2.24) is 4.98 Å². The number of hydrogen-bond acceptors (Lipinski definition) is 2. The van der Waals surface area contributed by atoms with E-state index < -0.39 is 0 Å². The Morgan fingerprint density at radius 2 is 2.30 bits per heavy atom. The molecule has 48 valence electrons. The minimum absolute atomic E-state index is 0.471. The standard InChI is InChI=1S/C7H7BN2/c1-2-6-5(8)3-4-7(9)10-6/h1,3-4H,8H2,(H2,9,10). The molecule has 0 amide bonds. The summed E-state index contributed by atoms with van der Waals surface area (Å²) < 4.78 is 0. The lowest BCUT2D eigenvalue weighted by Crippen LogP contribution is -2.10. The molecule has 0 fully saturated rings. The first-order valence-electron chi connectivity index (χ1n) is 2.94. The van der Waals surface area contributed by atoms with Gasteiger partial charge in [0.05, 0.1) is 0 Å². The molecule has 0 aliphatic rings. The molecule has 0 spiro atoms. The summed E-state index contributed by atoms with van der Waals surface area (Å²) >= 11 is 0. The van der Waals surface area contributed by atoms with Gasteiger partial charge in [-0.2, -0.15) is 0 Å². The molecule has 1 aromatic heterocycles. The molecule has 0 aromatic carbocycles. The van der Waals surface area contributed by atoms with Gasteiger partial charge in [0.1, 0.15) is 19.4 Å². The number of terminal acetylenes is 1. The summed E-state index contributed by atoms with van der Waals surface area (Å²) in [6.07, 6.45) is 5.15. The van der Waals surface area contributed by atoms with E-state index >= 15 is 0 Å². The van der Waals surface area contributed by atoms with Crippen molar-refractivity contribution in [1.29, 1.82) is 0 Å². The van der Waals surface area contributed by atoms with Crippen LogP contribution in [0.15, 0.2) is 12.1 Å². The lowest BCUT2D eigenvalue weighted by molar-refractivity contribution is 1.32. The smallest absolute Gasteiger partial charge is 0.143 e. The number of aromatic nitrogens is 1. The minimum Gasteiger partial charge on any atom is -0.384 e. The summed E-state index contributed by atoms with van der Waals surface area (Å²) in [6.45, 7) is 0. The summed E-state index contributed by atoms with van der Waals surface area (Å²) in [5.74, 6) is 2.92. The van der Waals surface area contributed by atoms with Gasteiger partial charge in [-0.05, 0) is 6.07 Å². The number of nitrogens with zero attached hydrogens (tertiary/aromatic N) is 1. The van der Waals surface area contributed by atoms with Crippen LogP contribution in [-0.4, -0.2) is 12.8 Å². The van der Waals surface area contributed by atoms with E-state index in [1.165, 1.54) is 0 Å². The van der Waals surface area contributed by atoms with Gasteiger partial charge in [0.2, 0.25) is 0 Å². The Hall–Kier alpha value is -1.43. The van der Waals surface area contributed by atoms with E-state index in [0.717, 1.165) is 5.46 Å². The van der Waals surface area contributed by atoms with Crippen LogP contribution in [0.25, 0.3) is 0 Å². The van der Waals surface area contributed by atoms with Crippen LogP contribution < -0.4 is 11.2 Å². The van der Waals surface area contributed by atoms with Crippen molar-refractivity contribution in [3.05, 3.63) is 17.8 Å². The molecule has 0 aliphatic carbocycles. The van der Waals surface area contributed by atoms with Gasteiger partial charge in [0.25, 0.3) is 0 Å². The van der Waals surface area contributed by atoms with E-state index in [0.29, 0.717) is 11.5 Å². The SMILES string of the molecule is Bc1ccc(N)nc1C#C. The normalized spacial score (nSPS) is 8.70. The summed E-state index contributed by atoms with van der Waals surface area (Å²) in [4.78, 5) is 3.93. The first kappa shape index (κ1) is 6.69. The molecule has 0 saturated carbocycles. The van der Waals surface area contributed by atoms with Crippen molar-refractivity contribution in [2.45, 2.75) is 0 Å². The molecule has 0 radical (unpaired) electrons. The molecule has 0 unspecified atom stereocenters. The second-order valence-corrected chi connectivity index (χ2v) is 2.05. The second-order valence-electron chi connectivity index (χ2n) is 2.05. The molecule has 3 heteroatoms. The highest BCUT2D eigenvalue weighted by Gasteiger charge is 1.94. The molecule has 1 heterocycles. The van der Waals surface area contributed by atoms with Crippen LogP contribution in [0.1, 0.15) is 5.69 Å². The summed E-state index contributed by atoms with van der Waals surface area (Å²) in [6, 6.07) is 3.59. The maximum Gasteiger partial charge on any atom is 0.143 e. The zero-order chi connectivity index (χ0) is 7.56. The quantitative estimate of drug-likeness (QED) is 0.357. The average molecular weight is 130 g/mol. The summed E-state index contributed by atoms with van der Waals surface area (Å²) in [5.41, 5.74) is 7.00. The van der Waals surface area contributed by atoms with Crippen molar-refractivity contribution in [2.24, 2.45) is 0 Å². The number of pyridine rings is 1. The van der Waals surface area contributed by atoms with Crippen molar-refractivity contribution in [3.8, 4) is 12.3 Å². The van der Waals surface area contributed by atoms with Crippen LogP contribution in [0.2, 0.25) is 0 Å². The van der Waals surface area contributed by atoms with E-state index in [-0.39, 0.29) is 0 Å². The Bertz CT molecular complexity index is 288. The van der Waals surface area contributed by atoms with Gasteiger partial charge in [-0.3, -0.25) is 0 Å². The highest BCUT2D eigenvalue weighted by molar-refractivity contribution is 6.33. The molecular formula is C7H7BN2. The van der Waals surface area contributed by atoms with E-state index in [4.69, 9.17) is 12.2 Å². The third-order valence-electron chi connectivity index (χ3n) is 1.26. The number of rotatable bonds is 0. The van der Waals surface area contributed by atoms with Gasteiger partial charge in [0.15, 0.2) is 0 Å². The van der Waals surface area contributed by atoms with E-state index in [9.17, 15) is 0 Å². The van der Waals surface area contributed by atoms with Gasteiger partial charge in [-0.25, -0.2) is 4.98 Å². The van der Waals surface area contributed by atoms with Crippen molar-refractivity contribution in [2.75, 3.05) is 5.73 Å². The van der Waals surface area contributed by atoms with Gasteiger partial charge in [-0.1, -0.05) is 17.4 Å². The monoisotopic (exact) mass is 130 g/mol. The van der Waals surface area contributed by atoms with Gasteiger partial charge in [0, 0.05) is 0 Å². The van der Waals surface area contributed by atoms with Crippen LogP contribution in [0, 0.1) is 12.3 Å². The summed E-state index contributed by atoms with van der Waals surface area (Å²) in [5, 5.41) is 0. The third-order valence-corrected chi connectivity index (χ3v) is 1.26. The number of nitrogen functional groups attached to an aromatic ring is 1. The molecule has 2 N–H and O–H groups in total. The highest BCUT2D eigenvalue weighted by atomic mass is 14.8. The highest BCUT2D eigenvalue weighted by Crippen LogP contribution is 1.94. The lowest BCUT2D eigenvalue weighted by Gasteiger charge is -1.96. The molecular weight excluding hydrogens is 123 g/mol. The third kappa shape index (κ3) is 1.11. The number of hydrogen-bond donors (Lipinski definition) is 1. The van der Waals surface area contributed by atoms with Crippen LogP contribution in [0.5, 0.6) is 0 Å². The fourth-order valence-corrected chi connectivity index (χ4v) is 0.690. The number of anilines is 1. The van der Waals surface area contributed by atoms with E-state index in [1.54, 1.807) is 6.07 Å². The van der Waals surface area contributed by atoms with E-state index in [1.807, 2.05) is 13.9 Å². The van der Waals surface area contributed by atoms with Crippen molar-refractivity contribution in [3.63, 3.8) is 0 Å². The molecule has 1 rings (SSSR count). The first-order chi connectivity index (χ1) is 4.74. The maximum absolute atomic E-state index is 5.40. The predicted molar refractivity (Wildman–Crippen MR) is 44.8 cm³/mol. The molecule has 2 nitrogen and oxygen atoms in total. The molecule has 1 aromatic rings. The van der Waals surface area contributed by atoms with Crippen LogP contribution >= 0.6 is 0 Å². The Kier molecular flexibility index (Phi) is 1.64. The molecule has 0 aliphatic heterocycles. The Balaban J connectivity index is 3.25. The maximum atomic E-state index is 5.40. The fraction of sp³-hybridized carbons (Fsp3) is 0. The zero-order valence-electron chi connectivity index (χ0n) is 5.76. The average Bonchev–Trinajstić information content (AvgIpc) is 1.94. The number of nitrogens with two attached hydrogens (primary N) is 1. The van der Waals surface area contributed by atoms with E-state index in [2.05, 4.69) is 10.9 Å². The Morgan fingerprint density at radius 3 is 2.80 bits per heavy atom. The fourth-order valence-electron chi connectivity index (χ4n) is 0.690. The largest absolute Gasteiger partial charge is 0.384 e. The predicted octanol–water partition coefficient (Wildman–Crippen LogP) is -1.10. The van der Waals surface area contributed by atoms with Crippen LogP contribution in [0.4, 0.5) is 5.82 Å². The second kappa shape index (κ2) is 2.44. The van der Waals surface area contributed by atoms with Crippen LogP contribution in [0.3, 0.4) is 0 Å². The minimum atomic E-state index is 0.471. The topological polar surface area (TPSA) is 38.9 Å². The zero-order valence-corrected chi connectivity index (χ0v) is 5.76. The van der Waals surface area contributed by atoms with Gasteiger partial charge >= 0.3 is 0 Å². The molecule has 0 saturated heterocycles. The molecule has 0 bridgehead atoms. The molecule has 10 heavy (non-hydrogen) atoms. The Morgan fingerprint density at radius 1 is 1.60 bits per heavy atom. The van der Waals surface area contributed by atoms with Gasteiger partial charge < -0.3 is 5.73 Å². The summed E-state index contributed by atoms with van der Waals surface area (Å²) in [7, 11) is 1.90. The first-order valence-corrected chi connectivity index (χ1v) is 2.94. The van der Waals surface area contributed by atoms with Crippen molar-refractivity contribution < 1.29 is 0 Å². The van der Waals surface area contributed by atoms with Gasteiger partial charge in [-0.15, -0.1) is 6.42 Å². The van der Waals surface area contributed by atoms with Crippen molar-refractivity contribution >= 4 is 19.1 Å². The molecule has 0 atom stereocenters. The van der Waals surface area contributed by atoms with Crippen LogP contribution in [-0.2, 0) is 0 Å². The Labute approximate surface area is 60.9 Å².